The monoisotopic (exact) mass is 232 g/mol. The molecule has 3 nitrogen and oxygen atoms in total. The van der Waals surface area contributed by atoms with Gasteiger partial charge in [0.1, 0.15) is 0 Å². The molecule has 1 unspecified atom stereocenters. The SMILES string of the molecule is CCC1CC(=O)N(Cc2ccc(CN)cc2)C1. The number of carbonyl (C=O) groups is 1. The van der Waals surface area contributed by atoms with Gasteiger partial charge in [0.05, 0.1) is 0 Å². The quantitative estimate of drug-likeness (QED) is 0.862. The van der Waals surface area contributed by atoms with Crippen molar-refractivity contribution in [2.45, 2.75) is 32.9 Å². The fraction of sp³-hybridized carbons (Fsp3) is 0.500. The number of carbonyl (C=O) groups excluding carboxylic acids is 1. The summed E-state index contributed by atoms with van der Waals surface area (Å²) in [5.74, 6) is 0.838. The molecule has 0 aromatic heterocycles. The van der Waals surface area contributed by atoms with Gasteiger partial charge in [0, 0.05) is 26.1 Å². The molecule has 1 aromatic carbocycles. The summed E-state index contributed by atoms with van der Waals surface area (Å²) in [6.07, 6.45) is 1.81. The van der Waals surface area contributed by atoms with Gasteiger partial charge in [-0.2, -0.15) is 0 Å². The van der Waals surface area contributed by atoms with E-state index in [1.165, 1.54) is 5.56 Å². The second-order valence-electron chi connectivity index (χ2n) is 4.77. The summed E-state index contributed by atoms with van der Waals surface area (Å²) in [7, 11) is 0. The van der Waals surface area contributed by atoms with E-state index in [9.17, 15) is 4.79 Å². The summed E-state index contributed by atoms with van der Waals surface area (Å²) in [5.41, 5.74) is 7.88. The van der Waals surface area contributed by atoms with Crippen molar-refractivity contribution in [2.24, 2.45) is 11.7 Å². The molecular formula is C14H20N2O. The molecule has 1 aliphatic rings. The number of nitrogens with zero attached hydrogens (tertiary/aromatic N) is 1. The molecule has 0 saturated carbocycles. The van der Waals surface area contributed by atoms with Gasteiger partial charge in [-0.1, -0.05) is 37.6 Å². The smallest absolute Gasteiger partial charge is 0.223 e. The highest BCUT2D eigenvalue weighted by molar-refractivity contribution is 5.78. The molecule has 0 aliphatic carbocycles. The van der Waals surface area contributed by atoms with Crippen LogP contribution in [0.2, 0.25) is 0 Å². The van der Waals surface area contributed by atoms with Crippen molar-refractivity contribution in [2.75, 3.05) is 6.54 Å². The van der Waals surface area contributed by atoms with Crippen molar-refractivity contribution < 1.29 is 4.79 Å². The molecule has 1 aliphatic heterocycles. The predicted octanol–water partition coefficient (Wildman–Crippen LogP) is 1.90. The highest BCUT2D eigenvalue weighted by Gasteiger charge is 2.27. The Morgan fingerprint density at radius 1 is 1.29 bits per heavy atom. The fourth-order valence-corrected chi connectivity index (χ4v) is 2.28. The number of amides is 1. The molecule has 0 spiro atoms. The first-order valence-corrected chi connectivity index (χ1v) is 6.28. The van der Waals surface area contributed by atoms with E-state index in [-0.39, 0.29) is 0 Å². The van der Waals surface area contributed by atoms with Crippen LogP contribution in [0.25, 0.3) is 0 Å². The summed E-state index contributed by atoms with van der Waals surface area (Å²) in [5, 5.41) is 0. The summed E-state index contributed by atoms with van der Waals surface area (Å²) >= 11 is 0. The van der Waals surface area contributed by atoms with Gasteiger partial charge in [-0.3, -0.25) is 4.79 Å². The number of likely N-dealkylation sites (tertiary alicyclic amines) is 1. The summed E-state index contributed by atoms with van der Waals surface area (Å²) < 4.78 is 0. The third kappa shape index (κ3) is 2.86. The Bertz CT molecular complexity index is 386. The molecule has 1 heterocycles. The van der Waals surface area contributed by atoms with Crippen molar-refractivity contribution >= 4 is 5.91 Å². The lowest BCUT2D eigenvalue weighted by molar-refractivity contribution is -0.128. The average Bonchev–Trinajstić information content (AvgIpc) is 2.71. The fourth-order valence-electron chi connectivity index (χ4n) is 2.28. The molecule has 3 heteroatoms. The van der Waals surface area contributed by atoms with E-state index >= 15 is 0 Å². The maximum Gasteiger partial charge on any atom is 0.223 e. The molecule has 17 heavy (non-hydrogen) atoms. The molecular weight excluding hydrogens is 212 g/mol. The van der Waals surface area contributed by atoms with Crippen LogP contribution in [-0.2, 0) is 17.9 Å². The van der Waals surface area contributed by atoms with E-state index < -0.39 is 0 Å². The minimum atomic E-state index is 0.291. The molecule has 2 rings (SSSR count). The first-order chi connectivity index (χ1) is 8.22. The van der Waals surface area contributed by atoms with E-state index in [4.69, 9.17) is 5.73 Å². The first-order valence-electron chi connectivity index (χ1n) is 6.28. The number of rotatable bonds is 4. The standard InChI is InChI=1S/C14H20N2O/c1-2-11-7-14(17)16(9-11)10-13-5-3-12(8-15)4-6-13/h3-6,11H,2,7-10,15H2,1H3. The van der Waals surface area contributed by atoms with E-state index in [0.717, 1.165) is 31.5 Å². The van der Waals surface area contributed by atoms with Crippen LogP contribution < -0.4 is 5.73 Å². The van der Waals surface area contributed by atoms with Crippen LogP contribution in [0.15, 0.2) is 24.3 Å². The topological polar surface area (TPSA) is 46.3 Å². The predicted molar refractivity (Wildman–Crippen MR) is 68.1 cm³/mol. The molecule has 1 amide bonds. The first kappa shape index (κ1) is 12.1. The Hall–Kier alpha value is -1.35. The Kier molecular flexibility index (Phi) is 3.79. The average molecular weight is 232 g/mol. The largest absolute Gasteiger partial charge is 0.338 e. The molecule has 0 bridgehead atoms. The van der Waals surface area contributed by atoms with Gasteiger partial charge < -0.3 is 10.6 Å². The Labute approximate surface area is 103 Å². The van der Waals surface area contributed by atoms with Crippen LogP contribution in [-0.4, -0.2) is 17.4 Å². The summed E-state index contributed by atoms with van der Waals surface area (Å²) in [6.45, 7) is 4.37. The minimum Gasteiger partial charge on any atom is -0.338 e. The molecule has 1 fully saturated rings. The lowest BCUT2D eigenvalue weighted by Crippen LogP contribution is -2.24. The maximum atomic E-state index is 11.8. The molecule has 92 valence electrons. The van der Waals surface area contributed by atoms with E-state index in [2.05, 4.69) is 19.1 Å². The van der Waals surface area contributed by atoms with Gasteiger partial charge in [0.25, 0.3) is 0 Å². The number of hydrogen-bond donors (Lipinski definition) is 1. The summed E-state index contributed by atoms with van der Waals surface area (Å²) in [6, 6.07) is 8.20. The highest BCUT2D eigenvalue weighted by Crippen LogP contribution is 2.22. The minimum absolute atomic E-state index is 0.291. The van der Waals surface area contributed by atoms with Crippen molar-refractivity contribution in [3.63, 3.8) is 0 Å². The van der Waals surface area contributed by atoms with Crippen molar-refractivity contribution in [1.82, 2.24) is 4.90 Å². The maximum absolute atomic E-state index is 11.8. The van der Waals surface area contributed by atoms with Gasteiger partial charge in [-0.25, -0.2) is 0 Å². The molecule has 1 aromatic rings. The van der Waals surface area contributed by atoms with E-state index in [1.54, 1.807) is 0 Å². The van der Waals surface area contributed by atoms with Crippen LogP contribution in [0, 0.1) is 5.92 Å². The number of benzene rings is 1. The van der Waals surface area contributed by atoms with Crippen LogP contribution in [0.3, 0.4) is 0 Å². The van der Waals surface area contributed by atoms with Crippen LogP contribution in [0.5, 0.6) is 0 Å². The summed E-state index contributed by atoms with van der Waals surface area (Å²) in [4.78, 5) is 13.7. The highest BCUT2D eigenvalue weighted by atomic mass is 16.2. The molecule has 1 saturated heterocycles. The van der Waals surface area contributed by atoms with Crippen LogP contribution in [0.1, 0.15) is 30.9 Å². The van der Waals surface area contributed by atoms with Crippen LogP contribution >= 0.6 is 0 Å². The van der Waals surface area contributed by atoms with E-state index in [0.29, 0.717) is 18.4 Å². The van der Waals surface area contributed by atoms with Crippen molar-refractivity contribution in [3.05, 3.63) is 35.4 Å². The van der Waals surface area contributed by atoms with Crippen molar-refractivity contribution in [3.8, 4) is 0 Å². The van der Waals surface area contributed by atoms with Gasteiger partial charge in [0.15, 0.2) is 0 Å². The zero-order valence-corrected chi connectivity index (χ0v) is 10.4. The van der Waals surface area contributed by atoms with Gasteiger partial charge in [-0.15, -0.1) is 0 Å². The van der Waals surface area contributed by atoms with Crippen LogP contribution in [0.4, 0.5) is 0 Å². The Morgan fingerprint density at radius 3 is 2.47 bits per heavy atom. The molecule has 0 radical (unpaired) electrons. The normalized spacial score (nSPS) is 20.0. The van der Waals surface area contributed by atoms with Gasteiger partial charge in [-0.05, 0) is 17.0 Å². The van der Waals surface area contributed by atoms with Crippen molar-refractivity contribution in [1.29, 1.82) is 0 Å². The third-order valence-electron chi connectivity index (χ3n) is 3.50. The zero-order chi connectivity index (χ0) is 12.3. The molecule has 1 atom stereocenters. The number of hydrogen-bond acceptors (Lipinski definition) is 2. The lowest BCUT2D eigenvalue weighted by atomic mass is 10.1. The third-order valence-corrected chi connectivity index (χ3v) is 3.50. The second kappa shape index (κ2) is 5.32. The van der Waals surface area contributed by atoms with Gasteiger partial charge in [0.2, 0.25) is 5.91 Å². The van der Waals surface area contributed by atoms with Gasteiger partial charge >= 0.3 is 0 Å². The molecule has 2 N–H and O–H groups in total. The Morgan fingerprint density at radius 2 is 1.94 bits per heavy atom. The lowest BCUT2D eigenvalue weighted by Gasteiger charge is -2.16. The Balaban J connectivity index is 1.98. The zero-order valence-electron chi connectivity index (χ0n) is 10.4. The number of nitrogens with two attached hydrogens (primary N) is 1. The van der Waals surface area contributed by atoms with E-state index in [1.807, 2.05) is 17.0 Å². The second-order valence-corrected chi connectivity index (χ2v) is 4.77.